The molecule has 0 saturated carbocycles. The highest BCUT2D eigenvalue weighted by Crippen LogP contribution is 2.27. The zero-order valence-electron chi connectivity index (χ0n) is 13.8. The summed E-state index contributed by atoms with van der Waals surface area (Å²) in [6, 6.07) is 0. The first-order chi connectivity index (χ1) is 11.5. The number of aromatic nitrogens is 2. The Hall–Kier alpha value is -1.94. The summed E-state index contributed by atoms with van der Waals surface area (Å²) in [4.78, 5) is 27.6. The Balaban J connectivity index is 1.52. The molecule has 130 valence electrons. The molecule has 3 rings (SSSR count). The summed E-state index contributed by atoms with van der Waals surface area (Å²) in [5.74, 6) is 0.599. The van der Waals surface area contributed by atoms with E-state index < -0.39 is 12.1 Å². The average Bonchev–Trinajstić information content (AvgIpc) is 2.95. The first kappa shape index (κ1) is 16.9. The maximum Gasteiger partial charge on any atom is 0.289 e. The van der Waals surface area contributed by atoms with E-state index in [-0.39, 0.29) is 11.7 Å². The SMILES string of the molecule is COCc1nsc(N2CC(CN(C)C3=NC(=O)C(F)C(C)=N3)C2)n1. The van der Waals surface area contributed by atoms with Gasteiger partial charge in [-0.1, -0.05) is 0 Å². The lowest BCUT2D eigenvalue weighted by molar-refractivity contribution is -0.120. The molecule has 0 aliphatic carbocycles. The third-order valence-electron chi connectivity index (χ3n) is 3.90. The monoisotopic (exact) mass is 354 g/mol. The predicted octanol–water partition coefficient (Wildman–Crippen LogP) is 0.748. The van der Waals surface area contributed by atoms with Crippen molar-refractivity contribution in [3.63, 3.8) is 0 Å². The first-order valence-electron chi connectivity index (χ1n) is 7.57. The molecule has 0 radical (unpaired) electrons. The van der Waals surface area contributed by atoms with Crippen molar-refractivity contribution in [2.75, 3.05) is 38.7 Å². The predicted molar refractivity (Wildman–Crippen MR) is 89.4 cm³/mol. The van der Waals surface area contributed by atoms with Crippen LogP contribution in [0.1, 0.15) is 12.7 Å². The Kier molecular flexibility index (Phi) is 4.86. The van der Waals surface area contributed by atoms with Crippen LogP contribution in [0.15, 0.2) is 9.98 Å². The molecule has 0 aromatic carbocycles. The molecule has 24 heavy (non-hydrogen) atoms. The van der Waals surface area contributed by atoms with Crippen LogP contribution in [0, 0.1) is 5.92 Å². The molecule has 1 aromatic heterocycles. The normalized spacial score (nSPS) is 21.4. The minimum Gasteiger partial charge on any atom is -0.377 e. The number of amides is 1. The van der Waals surface area contributed by atoms with Gasteiger partial charge in [0.15, 0.2) is 5.82 Å². The molecule has 1 atom stereocenters. The van der Waals surface area contributed by atoms with Gasteiger partial charge in [-0.05, 0) is 6.92 Å². The number of nitrogens with zero attached hydrogens (tertiary/aromatic N) is 6. The summed E-state index contributed by atoms with van der Waals surface area (Å²) in [7, 11) is 3.43. The van der Waals surface area contributed by atoms with Gasteiger partial charge in [-0.3, -0.25) is 4.79 Å². The molecule has 2 aliphatic heterocycles. The van der Waals surface area contributed by atoms with Crippen LogP contribution in [0.25, 0.3) is 0 Å². The number of guanidine groups is 1. The number of rotatable bonds is 5. The highest BCUT2D eigenvalue weighted by Gasteiger charge is 2.32. The molecular weight excluding hydrogens is 335 g/mol. The number of alkyl halides is 1. The van der Waals surface area contributed by atoms with Crippen LogP contribution in [-0.4, -0.2) is 71.8 Å². The van der Waals surface area contributed by atoms with E-state index in [1.165, 1.54) is 18.5 Å². The molecule has 3 heterocycles. The van der Waals surface area contributed by atoms with Crippen molar-refractivity contribution in [3.05, 3.63) is 5.82 Å². The molecule has 2 aliphatic rings. The fourth-order valence-corrected chi connectivity index (χ4v) is 3.31. The summed E-state index contributed by atoms with van der Waals surface area (Å²) in [6.45, 7) is 4.31. The van der Waals surface area contributed by atoms with E-state index in [9.17, 15) is 9.18 Å². The number of hydrogen-bond acceptors (Lipinski definition) is 8. The van der Waals surface area contributed by atoms with E-state index in [1.54, 1.807) is 12.0 Å². The molecule has 1 unspecified atom stereocenters. The van der Waals surface area contributed by atoms with E-state index in [1.807, 2.05) is 7.05 Å². The van der Waals surface area contributed by atoms with Crippen molar-refractivity contribution in [3.8, 4) is 0 Å². The Bertz CT molecular complexity index is 685. The second-order valence-electron chi connectivity index (χ2n) is 5.94. The molecule has 0 spiro atoms. The van der Waals surface area contributed by atoms with Gasteiger partial charge in [0.25, 0.3) is 5.91 Å². The fraction of sp³-hybridized carbons (Fsp3) is 0.643. The lowest BCUT2D eigenvalue weighted by Crippen LogP contribution is -2.52. The fourth-order valence-electron chi connectivity index (χ4n) is 2.62. The Morgan fingerprint density at radius 1 is 1.42 bits per heavy atom. The van der Waals surface area contributed by atoms with Crippen molar-refractivity contribution < 1.29 is 13.9 Å². The molecular formula is C14H19FN6O2S. The van der Waals surface area contributed by atoms with Crippen molar-refractivity contribution in [2.45, 2.75) is 19.7 Å². The van der Waals surface area contributed by atoms with Crippen LogP contribution in [0.5, 0.6) is 0 Å². The lowest BCUT2D eigenvalue weighted by Gasteiger charge is -2.40. The minimum atomic E-state index is -1.71. The molecule has 1 aromatic rings. The van der Waals surface area contributed by atoms with Crippen molar-refractivity contribution in [1.82, 2.24) is 14.3 Å². The van der Waals surface area contributed by atoms with E-state index >= 15 is 0 Å². The Morgan fingerprint density at radius 2 is 2.17 bits per heavy atom. The summed E-state index contributed by atoms with van der Waals surface area (Å²) in [5.41, 5.74) is 0.159. The molecule has 1 fully saturated rings. The van der Waals surface area contributed by atoms with Gasteiger partial charge in [-0.25, -0.2) is 14.4 Å². The van der Waals surface area contributed by atoms with Crippen LogP contribution in [0.4, 0.5) is 9.52 Å². The summed E-state index contributed by atoms with van der Waals surface area (Å²) >= 11 is 1.36. The van der Waals surface area contributed by atoms with Crippen LogP contribution in [-0.2, 0) is 16.1 Å². The lowest BCUT2D eigenvalue weighted by atomic mass is 10.0. The van der Waals surface area contributed by atoms with Crippen LogP contribution in [0.2, 0.25) is 0 Å². The number of carbonyl (C=O) groups is 1. The molecule has 1 amide bonds. The van der Waals surface area contributed by atoms with Gasteiger partial charge in [0.2, 0.25) is 17.3 Å². The van der Waals surface area contributed by atoms with E-state index in [0.717, 1.165) is 18.2 Å². The maximum atomic E-state index is 13.4. The molecule has 0 N–H and O–H groups in total. The van der Waals surface area contributed by atoms with Crippen LogP contribution < -0.4 is 4.90 Å². The molecule has 10 heteroatoms. The topological polar surface area (TPSA) is 83.3 Å². The molecule has 0 bridgehead atoms. The Morgan fingerprint density at radius 3 is 2.83 bits per heavy atom. The summed E-state index contributed by atoms with van der Waals surface area (Å²) in [5, 5.41) is 0.889. The van der Waals surface area contributed by atoms with Gasteiger partial charge in [-0.2, -0.15) is 9.37 Å². The number of anilines is 1. The van der Waals surface area contributed by atoms with E-state index in [2.05, 4.69) is 24.2 Å². The largest absolute Gasteiger partial charge is 0.377 e. The third kappa shape index (κ3) is 3.44. The number of carbonyl (C=O) groups excluding carboxylic acids is 1. The summed E-state index contributed by atoms with van der Waals surface area (Å²) in [6.07, 6.45) is -1.71. The average molecular weight is 354 g/mol. The number of methoxy groups -OCH3 is 1. The van der Waals surface area contributed by atoms with E-state index in [0.29, 0.717) is 24.9 Å². The second-order valence-corrected chi connectivity index (χ2v) is 6.67. The standard InChI is InChI=1S/C14H19FN6O2S/c1-8-11(15)12(22)18-13(16-8)20(2)4-9-5-21(6-9)14-17-10(7-23-3)19-24-14/h9,11H,4-7H2,1-3H3. The van der Waals surface area contributed by atoms with Crippen molar-refractivity contribution in [1.29, 1.82) is 0 Å². The Labute approximate surface area is 143 Å². The smallest absolute Gasteiger partial charge is 0.289 e. The van der Waals surface area contributed by atoms with Gasteiger partial charge < -0.3 is 14.5 Å². The number of aliphatic imine (C=N–C) groups is 2. The van der Waals surface area contributed by atoms with Crippen molar-refractivity contribution >= 4 is 34.2 Å². The maximum absolute atomic E-state index is 13.4. The van der Waals surface area contributed by atoms with Crippen molar-refractivity contribution in [2.24, 2.45) is 15.9 Å². The highest BCUT2D eigenvalue weighted by atomic mass is 32.1. The molecule has 1 saturated heterocycles. The zero-order valence-corrected chi connectivity index (χ0v) is 14.6. The third-order valence-corrected chi connectivity index (χ3v) is 4.72. The molecule has 8 nitrogen and oxygen atoms in total. The number of ether oxygens (including phenoxy) is 1. The second kappa shape index (κ2) is 6.89. The quantitative estimate of drug-likeness (QED) is 0.776. The minimum absolute atomic E-state index is 0.159. The van der Waals surface area contributed by atoms with Gasteiger partial charge in [0.1, 0.15) is 6.61 Å². The number of halogens is 1. The summed E-state index contributed by atoms with van der Waals surface area (Å²) < 4.78 is 22.7. The van der Waals surface area contributed by atoms with Gasteiger partial charge in [-0.15, -0.1) is 0 Å². The van der Waals surface area contributed by atoms with Gasteiger partial charge >= 0.3 is 0 Å². The van der Waals surface area contributed by atoms with Crippen LogP contribution in [0.3, 0.4) is 0 Å². The zero-order chi connectivity index (χ0) is 17.3. The first-order valence-corrected chi connectivity index (χ1v) is 8.34. The number of hydrogen-bond donors (Lipinski definition) is 0. The van der Waals surface area contributed by atoms with Crippen LogP contribution >= 0.6 is 11.5 Å². The van der Waals surface area contributed by atoms with E-state index in [4.69, 9.17) is 4.74 Å². The van der Waals surface area contributed by atoms with Gasteiger partial charge in [0.05, 0.1) is 5.71 Å². The highest BCUT2D eigenvalue weighted by molar-refractivity contribution is 7.09. The van der Waals surface area contributed by atoms with Gasteiger partial charge in [0, 0.05) is 51.2 Å².